The van der Waals surface area contributed by atoms with Crippen molar-refractivity contribution in [3.63, 3.8) is 0 Å². The van der Waals surface area contributed by atoms with E-state index < -0.39 is 0 Å². The zero-order chi connectivity index (χ0) is 13.4. The Labute approximate surface area is 109 Å². The standard InChI is InChI=1S/C15H21NO2/c1-5-8-13(6-2)16-11-12-9-7-10-14(17-3)15(12)18-4/h1,7,9-10,13,16H,6,8,11H2,2-4H3. The second-order valence-corrected chi connectivity index (χ2v) is 4.05. The molecule has 98 valence electrons. The molecule has 0 fully saturated rings. The summed E-state index contributed by atoms with van der Waals surface area (Å²) in [5, 5.41) is 3.43. The summed E-state index contributed by atoms with van der Waals surface area (Å²) in [6.07, 6.45) is 7.09. The summed E-state index contributed by atoms with van der Waals surface area (Å²) in [5.41, 5.74) is 1.08. The molecule has 1 aromatic rings. The molecule has 1 atom stereocenters. The molecule has 1 aromatic carbocycles. The molecule has 1 unspecified atom stereocenters. The molecule has 1 N–H and O–H groups in total. The first-order valence-corrected chi connectivity index (χ1v) is 6.13. The normalized spacial score (nSPS) is 11.7. The van der Waals surface area contributed by atoms with Crippen molar-refractivity contribution in [2.24, 2.45) is 0 Å². The van der Waals surface area contributed by atoms with Crippen molar-refractivity contribution in [2.45, 2.75) is 32.4 Å². The minimum atomic E-state index is 0.339. The van der Waals surface area contributed by atoms with E-state index in [9.17, 15) is 0 Å². The van der Waals surface area contributed by atoms with E-state index in [0.29, 0.717) is 6.04 Å². The molecule has 0 amide bonds. The predicted octanol–water partition coefficient (Wildman–Crippen LogP) is 2.60. The Morgan fingerprint density at radius 1 is 1.33 bits per heavy atom. The van der Waals surface area contributed by atoms with Crippen molar-refractivity contribution in [1.29, 1.82) is 0 Å². The van der Waals surface area contributed by atoms with E-state index in [1.165, 1.54) is 0 Å². The molecule has 0 aliphatic heterocycles. The Hall–Kier alpha value is -1.66. The summed E-state index contributed by atoms with van der Waals surface area (Å²) in [5.74, 6) is 4.22. The molecule has 3 nitrogen and oxygen atoms in total. The van der Waals surface area contributed by atoms with E-state index in [1.54, 1.807) is 14.2 Å². The van der Waals surface area contributed by atoms with Crippen molar-refractivity contribution >= 4 is 0 Å². The number of ether oxygens (including phenoxy) is 2. The Morgan fingerprint density at radius 3 is 2.67 bits per heavy atom. The van der Waals surface area contributed by atoms with Crippen LogP contribution in [0.4, 0.5) is 0 Å². The van der Waals surface area contributed by atoms with Crippen molar-refractivity contribution in [1.82, 2.24) is 5.32 Å². The van der Waals surface area contributed by atoms with Crippen molar-refractivity contribution in [2.75, 3.05) is 14.2 Å². The van der Waals surface area contributed by atoms with Crippen LogP contribution in [0.2, 0.25) is 0 Å². The summed E-state index contributed by atoms with van der Waals surface area (Å²) in [4.78, 5) is 0. The van der Waals surface area contributed by atoms with Gasteiger partial charge in [0.25, 0.3) is 0 Å². The Morgan fingerprint density at radius 2 is 2.11 bits per heavy atom. The number of rotatable bonds is 7. The molecule has 0 aliphatic rings. The predicted molar refractivity (Wildman–Crippen MR) is 73.9 cm³/mol. The maximum Gasteiger partial charge on any atom is 0.165 e. The Kier molecular flexibility index (Phi) is 6.10. The zero-order valence-corrected chi connectivity index (χ0v) is 11.3. The molecule has 0 radical (unpaired) electrons. The lowest BCUT2D eigenvalue weighted by atomic mass is 10.1. The van der Waals surface area contributed by atoms with Crippen molar-refractivity contribution in [3.8, 4) is 23.8 Å². The molecular weight excluding hydrogens is 226 g/mol. The van der Waals surface area contributed by atoms with Gasteiger partial charge in [-0.25, -0.2) is 0 Å². The highest BCUT2D eigenvalue weighted by molar-refractivity contribution is 5.46. The summed E-state index contributed by atoms with van der Waals surface area (Å²) in [7, 11) is 3.29. The first-order valence-electron chi connectivity index (χ1n) is 6.13. The highest BCUT2D eigenvalue weighted by Gasteiger charge is 2.10. The molecule has 0 spiro atoms. The third kappa shape index (κ3) is 3.68. The molecule has 0 saturated heterocycles. The van der Waals surface area contributed by atoms with Gasteiger partial charge in [-0.15, -0.1) is 12.3 Å². The van der Waals surface area contributed by atoms with Crippen LogP contribution in [-0.2, 0) is 6.54 Å². The third-order valence-electron chi connectivity index (χ3n) is 2.92. The number of hydrogen-bond donors (Lipinski definition) is 1. The van der Waals surface area contributed by atoms with Crippen LogP contribution in [0.5, 0.6) is 11.5 Å². The van der Waals surface area contributed by atoms with E-state index in [-0.39, 0.29) is 0 Å². The number of para-hydroxylation sites is 1. The number of methoxy groups -OCH3 is 2. The monoisotopic (exact) mass is 247 g/mol. The zero-order valence-electron chi connectivity index (χ0n) is 11.3. The maximum atomic E-state index is 5.39. The summed E-state index contributed by atoms with van der Waals surface area (Å²) in [6, 6.07) is 6.21. The molecule has 3 heteroatoms. The smallest absolute Gasteiger partial charge is 0.165 e. The van der Waals surface area contributed by atoms with Gasteiger partial charge in [0.2, 0.25) is 0 Å². The van der Waals surface area contributed by atoms with Gasteiger partial charge in [0, 0.05) is 24.6 Å². The van der Waals surface area contributed by atoms with Crippen LogP contribution in [-0.4, -0.2) is 20.3 Å². The van der Waals surface area contributed by atoms with Gasteiger partial charge in [-0.3, -0.25) is 0 Å². The number of benzene rings is 1. The van der Waals surface area contributed by atoms with Crippen LogP contribution < -0.4 is 14.8 Å². The van der Waals surface area contributed by atoms with Crippen LogP contribution in [0.1, 0.15) is 25.3 Å². The van der Waals surface area contributed by atoms with E-state index >= 15 is 0 Å². The SMILES string of the molecule is C#CCC(CC)NCc1cccc(OC)c1OC. The number of terminal acetylenes is 1. The summed E-state index contributed by atoms with van der Waals surface area (Å²) >= 11 is 0. The molecule has 0 aliphatic carbocycles. The second kappa shape index (κ2) is 7.62. The highest BCUT2D eigenvalue weighted by atomic mass is 16.5. The van der Waals surface area contributed by atoms with Gasteiger partial charge in [0.15, 0.2) is 11.5 Å². The van der Waals surface area contributed by atoms with Crippen molar-refractivity contribution in [3.05, 3.63) is 23.8 Å². The Bertz CT molecular complexity index is 409. The van der Waals surface area contributed by atoms with Gasteiger partial charge < -0.3 is 14.8 Å². The highest BCUT2D eigenvalue weighted by Crippen LogP contribution is 2.30. The lowest BCUT2D eigenvalue weighted by Gasteiger charge is -2.17. The van der Waals surface area contributed by atoms with Crippen LogP contribution in [0.15, 0.2) is 18.2 Å². The van der Waals surface area contributed by atoms with Gasteiger partial charge in [-0.05, 0) is 12.5 Å². The Balaban J connectivity index is 2.75. The largest absolute Gasteiger partial charge is 0.493 e. The minimum Gasteiger partial charge on any atom is -0.493 e. The van der Waals surface area contributed by atoms with Gasteiger partial charge >= 0.3 is 0 Å². The number of hydrogen-bond acceptors (Lipinski definition) is 3. The van der Waals surface area contributed by atoms with Crippen LogP contribution in [0, 0.1) is 12.3 Å². The van der Waals surface area contributed by atoms with Gasteiger partial charge in [-0.1, -0.05) is 19.1 Å². The van der Waals surface area contributed by atoms with Gasteiger partial charge in [0.05, 0.1) is 14.2 Å². The van der Waals surface area contributed by atoms with Crippen molar-refractivity contribution < 1.29 is 9.47 Å². The van der Waals surface area contributed by atoms with E-state index in [1.807, 2.05) is 18.2 Å². The molecular formula is C15H21NO2. The minimum absolute atomic E-state index is 0.339. The summed E-state index contributed by atoms with van der Waals surface area (Å²) in [6.45, 7) is 2.85. The van der Waals surface area contributed by atoms with E-state index in [2.05, 4.69) is 18.2 Å². The molecule has 0 aromatic heterocycles. The van der Waals surface area contributed by atoms with Gasteiger partial charge in [0.1, 0.15) is 0 Å². The lowest BCUT2D eigenvalue weighted by Crippen LogP contribution is -2.27. The first-order chi connectivity index (χ1) is 8.76. The van der Waals surface area contributed by atoms with Gasteiger partial charge in [-0.2, -0.15) is 0 Å². The molecule has 0 bridgehead atoms. The van der Waals surface area contributed by atoms with E-state index in [0.717, 1.165) is 36.4 Å². The number of nitrogens with one attached hydrogen (secondary N) is 1. The average molecular weight is 247 g/mol. The molecule has 18 heavy (non-hydrogen) atoms. The quantitative estimate of drug-likeness (QED) is 0.751. The summed E-state index contributed by atoms with van der Waals surface area (Å²) < 4.78 is 10.7. The van der Waals surface area contributed by atoms with E-state index in [4.69, 9.17) is 15.9 Å². The average Bonchev–Trinajstić information content (AvgIpc) is 2.42. The molecule has 1 rings (SSSR count). The molecule has 0 heterocycles. The van der Waals surface area contributed by atoms with Crippen LogP contribution in [0.25, 0.3) is 0 Å². The fourth-order valence-corrected chi connectivity index (χ4v) is 1.85. The second-order valence-electron chi connectivity index (χ2n) is 4.05. The maximum absolute atomic E-state index is 5.39. The van der Waals surface area contributed by atoms with Crippen LogP contribution >= 0.6 is 0 Å². The molecule has 0 saturated carbocycles. The topological polar surface area (TPSA) is 30.5 Å². The first kappa shape index (κ1) is 14.4. The fourth-order valence-electron chi connectivity index (χ4n) is 1.85. The lowest BCUT2D eigenvalue weighted by molar-refractivity contribution is 0.349. The fraction of sp³-hybridized carbons (Fsp3) is 0.467. The third-order valence-corrected chi connectivity index (χ3v) is 2.92. The van der Waals surface area contributed by atoms with Crippen LogP contribution in [0.3, 0.4) is 0 Å².